The number of rotatable bonds is 8. The van der Waals surface area contributed by atoms with Crippen LogP contribution in [0.1, 0.15) is 39.1 Å². The first-order valence-electron chi connectivity index (χ1n) is 11.1. The summed E-state index contributed by atoms with van der Waals surface area (Å²) in [4.78, 5) is 40.3. The summed E-state index contributed by atoms with van der Waals surface area (Å²) in [5.41, 5.74) is 1.64. The van der Waals surface area contributed by atoms with Crippen LogP contribution in [0.4, 0.5) is 4.39 Å². The number of hydrogen-bond acceptors (Lipinski definition) is 4. The number of amides is 3. The van der Waals surface area contributed by atoms with E-state index in [2.05, 4.69) is 10.6 Å². The highest BCUT2D eigenvalue weighted by atomic mass is 19.1. The Labute approximate surface area is 193 Å². The Morgan fingerprint density at radius 3 is 2.52 bits per heavy atom. The van der Waals surface area contributed by atoms with Gasteiger partial charge in [-0.25, -0.2) is 4.39 Å². The lowest BCUT2D eigenvalue weighted by atomic mass is 9.88. The minimum Gasteiger partial charge on any atom is -0.383 e. The Hall–Kier alpha value is -3.26. The molecular formula is C25H30FN3O4. The molecule has 2 N–H and O–H groups in total. The Morgan fingerprint density at radius 1 is 1.12 bits per heavy atom. The summed E-state index contributed by atoms with van der Waals surface area (Å²) in [7, 11) is 1.55. The van der Waals surface area contributed by atoms with Crippen molar-refractivity contribution in [2.45, 2.75) is 25.8 Å². The quantitative estimate of drug-likeness (QED) is 0.599. The summed E-state index contributed by atoms with van der Waals surface area (Å²) in [6.45, 7) is 3.39. The fourth-order valence-electron chi connectivity index (χ4n) is 4.07. The third-order valence-electron chi connectivity index (χ3n) is 5.93. The van der Waals surface area contributed by atoms with Gasteiger partial charge < -0.3 is 20.3 Å². The van der Waals surface area contributed by atoms with Crippen molar-refractivity contribution in [1.29, 1.82) is 0 Å². The number of methoxy groups -OCH3 is 1. The van der Waals surface area contributed by atoms with Crippen molar-refractivity contribution in [3.8, 4) is 0 Å². The molecule has 176 valence electrons. The van der Waals surface area contributed by atoms with Gasteiger partial charge >= 0.3 is 0 Å². The molecule has 1 aliphatic heterocycles. The maximum absolute atomic E-state index is 13.5. The molecule has 2 aromatic rings. The second-order valence-corrected chi connectivity index (χ2v) is 8.19. The summed E-state index contributed by atoms with van der Waals surface area (Å²) < 4.78 is 18.5. The Balaban J connectivity index is 1.69. The molecule has 2 aromatic carbocycles. The molecular weight excluding hydrogens is 425 g/mol. The van der Waals surface area contributed by atoms with E-state index in [9.17, 15) is 18.8 Å². The fraction of sp³-hybridized carbons (Fsp3) is 0.400. The van der Waals surface area contributed by atoms with Crippen molar-refractivity contribution in [3.05, 3.63) is 71.0 Å². The lowest BCUT2D eigenvalue weighted by molar-refractivity contribution is -0.124. The van der Waals surface area contributed by atoms with Crippen molar-refractivity contribution < 1.29 is 23.5 Å². The molecule has 33 heavy (non-hydrogen) atoms. The predicted octanol–water partition coefficient (Wildman–Crippen LogP) is 2.55. The molecule has 7 nitrogen and oxygen atoms in total. The van der Waals surface area contributed by atoms with Crippen LogP contribution in [-0.2, 0) is 9.53 Å². The van der Waals surface area contributed by atoms with E-state index in [0.29, 0.717) is 50.2 Å². The number of likely N-dealkylation sites (tertiary alicyclic amines) is 1. The lowest BCUT2D eigenvalue weighted by Gasteiger charge is -2.36. The van der Waals surface area contributed by atoms with Gasteiger partial charge in [-0.15, -0.1) is 0 Å². The number of carbonyl (C=O) groups is 3. The molecule has 1 heterocycles. The second-order valence-electron chi connectivity index (χ2n) is 8.19. The molecule has 0 spiro atoms. The Kier molecular flexibility index (Phi) is 8.54. The summed E-state index contributed by atoms with van der Waals surface area (Å²) in [5.74, 6) is -1.42. The number of piperidine rings is 1. The van der Waals surface area contributed by atoms with Crippen LogP contribution in [0.25, 0.3) is 0 Å². The molecule has 1 saturated heterocycles. The van der Waals surface area contributed by atoms with Crippen molar-refractivity contribution >= 4 is 17.7 Å². The van der Waals surface area contributed by atoms with Gasteiger partial charge in [0.15, 0.2) is 0 Å². The van der Waals surface area contributed by atoms with Crippen molar-refractivity contribution in [2.75, 3.05) is 33.4 Å². The summed E-state index contributed by atoms with van der Waals surface area (Å²) in [5, 5.41) is 5.73. The van der Waals surface area contributed by atoms with Gasteiger partial charge in [0.25, 0.3) is 11.8 Å². The zero-order chi connectivity index (χ0) is 23.8. The zero-order valence-electron chi connectivity index (χ0n) is 19.0. The van der Waals surface area contributed by atoms with E-state index in [4.69, 9.17) is 4.74 Å². The number of ether oxygens (including phenoxy) is 1. The minimum atomic E-state index is -0.736. The molecule has 0 aliphatic carbocycles. The summed E-state index contributed by atoms with van der Waals surface area (Å²) in [6, 6.07) is 12.1. The van der Waals surface area contributed by atoms with Crippen molar-refractivity contribution in [2.24, 2.45) is 5.92 Å². The minimum absolute atomic E-state index is 0.142. The Morgan fingerprint density at radius 2 is 1.85 bits per heavy atom. The topological polar surface area (TPSA) is 87.7 Å². The van der Waals surface area contributed by atoms with Crippen LogP contribution in [-0.4, -0.2) is 62.0 Å². The molecule has 0 bridgehead atoms. The van der Waals surface area contributed by atoms with Gasteiger partial charge in [0, 0.05) is 37.9 Å². The third kappa shape index (κ3) is 6.38. The predicted molar refractivity (Wildman–Crippen MR) is 122 cm³/mol. The van der Waals surface area contributed by atoms with Crippen molar-refractivity contribution in [3.63, 3.8) is 0 Å². The first-order chi connectivity index (χ1) is 15.9. The normalized spacial score (nSPS) is 15.1. The van der Waals surface area contributed by atoms with E-state index < -0.39 is 11.9 Å². The maximum Gasteiger partial charge on any atom is 0.253 e. The number of hydrogen-bond donors (Lipinski definition) is 2. The number of halogens is 1. The molecule has 0 unspecified atom stereocenters. The van der Waals surface area contributed by atoms with Gasteiger partial charge in [0.1, 0.15) is 11.9 Å². The van der Waals surface area contributed by atoms with E-state index in [-0.39, 0.29) is 23.6 Å². The maximum atomic E-state index is 13.5. The van der Waals surface area contributed by atoms with E-state index in [1.807, 2.05) is 19.1 Å². The number of nitrogens with one attached hydrogen (secondary N) is 2. The van der Waals surface area contributed by atoms with Crippen LogP contribution in [0.2, 0.25) is 0 Å². The largest absolute Gasteiger partial charge is 0.383 e. The number of benzene rings is 2. The van der Waals surface area contributed by atoms with Gasteiger partial charge in [-0.1, -0.05) is 24.3 Å². The third-order valence-corrected chi connectivity index (χ3v) is 5.93. The van der Waals surface area contributed by atoms with E-state index in [1.54, 1.807) is 30.2 Å². The van der Waals surface area contributed by atoms with E-state index in [1.165, 1.54) is 18.2 Å². The summed E-state index contributed by atoms with van der Waals surface area (Å²) >= 11 is 0. The van der Waals surface area contributed by atoms with Crippen LogP contribution in [0, 0.1) is 18.7 Å². The summed E-state index contributed by atoms with van der Waals surface area (Å²) in [6.07, 6.45) is 1.08. The molecule has 0 radical (unpaired) electrons. The van der Waals surface area contributed by atoms with Crippen LogP contribution < -0.4 is 10.6 Å². The smallest absolute Gasteiger partial charge is 0.253 e. The first kappa shape index (κ1) is 24.4. The van der Waals surface area contributed by atoms with Gasteiger partial charge in [-0.2, -0.15) is 0 Å². The van der Waals surface area contributed by atoms with Crippen LogP contribution in [0.5, 0.6) is 0 Å². The first-order valence-corrected chi connectivity index (χ1v) is 11.1. The Bertz CT molecular complexity index is 989. The number of aryl methyl sites for hydroxylation is 1. The average Bonchev–Trinajstić information content (AvgIpc) is 2.82. The van der Waals surface area contributed by atoms with Gasteiger partial charge in [-0.3, -0.25) is 14.4 Å². The number of nitrogens with zero attached hydrogens (tertiary/aromatic N) is 1. The highest BCUT2D eigenvalue weighted by Gasteiger charge is 2.34. The molecule has 3 amide bonds. The fourth-order valence-corrected chi connectivity index (χ4v) is 4.07. The standard InChI is InChI=1S/C25H30FN3O4/c1-17-6-3-4-9-21(17)23(30)28-22(24(31)27-12-15-33-2)18-10-13-29(14-11-18)25(32)19-7-5-8-20(26)16-19/h3-9,16,18,22H,10-15H2,1-2H3,(H,27,31)(H,28,30)/t22-/m1/s1. The monoisotopic (exact) mass is 455 g/mol. The molecule has 3 rings (SSSR count). The van der Waals surface area contributed by atoms with Crippen LogP contribution >= 0.6 is 0 Å². The lowest BCUT2D eigenvalue weighted by Crippen LogP contribution is -2.54. The molecule has 1 fully saturated rings. The molecule has 1 aliphatic rings. The molecule has 0 saturated carbocycles. The highest BCUT2D eigenvalue weighted by Crippen LogP contribution is 2.23. The van der Waals surface area contributed by atoms with Gasteiger partial charge in [-0.05, 0) is 55.5 Å². The molecule has 0 aromatic heterocycles. The highest BCUT2D eigenvalue weighted by molar-refractivity contribution is 5.98. The van der Waals surface area contributed by atoms with Crippen molar-refractivity contribution in [1.82, 2.24) is 15.5 Å². The van der Waals surface area contributed by atoms with E-state index >= 15 is 0 Å². The van der Waals surface area contributed by atoms with E-state index in [0.717, 1.165) is 5.56 Å². The second kappa shape index (κ2) is 11.6. The zero-order valence-corrected chi connectivity index (χ0v) is 19.0. The SMILES string of the molecule is COCCNC(=O)[C@H](NC(=O)c1ccccc1C)C1CCN(C(=O)c2cccc(F)c2)CC1. The molecule has 8 heteroatoms. The van der Waals surface area contributed by atoms with Crippen LogP contribution in [0.3, 0.4) is 0 Å². The van der Waals surface area contributed by atoms with Gasteiger partial charge in [0.2, 0.25) is 5.91 Å². The average molecular weight is 456 g/mol. The molecule has 1 atom stereocenters. The van der Waals surface area contributed by atoms with Crippen LogP contribution in [0.15, 0.2) is 48.5 Å². The van der Waals surface area contributed by atoms with Gasteiger partial charge in [0.05, 0.1) is 6.61 Å². The number of carbonyl (C=O) groups excluding carboxylic acids is 3.